The molecule has 0 radical (unpaired) electrons. The third-order valence-corrected chi connectivity index (χ3v) is 7.07. The molecule has 2 fully saturated rings. The number of piperazine rings is 1. The fourth-order valence-corrected chi connectivity index (χ4v) is 5.47. The summed E-state index contributed by atoms with van der Waals surface area (Å²) in [5, 5.41) is 8.55. The average molecular weight is 433 g/mol. The van der Waals surface area contributed by atoms with Gasteiger partial charge in [-0.2, -0.15) is 4.52 Å². The van der Waals surface area contributed by atoms with Gasteiger partial charge in [-0.1, -0.05) is 44.4 Å². The number of hydrogen-bond donors (Lipinski definition) is 1. The molecule has 1 aliphatic carbocycles. The van der Waals surface area contributed by atoms with Gasteiger partial charge in [0.05, 0.1) is 6.54 Å². The zero-order valence-electron chi connectivity index (χ0n) is 18.0. The van der Waals surface area contributed by atoms with E-state index in [1.807, 2.05) is 0 Å². The van der Waals surface area contributed by atoms with Gasteiger partial charge in [-0.05, 0) is 25.2 Å². The van der Waals surface area contributed by atoms with Crippen molar-refractivity contribution in [2.24, 2.45) is 5.92 Å². The molecule has 2 aromatic heterocycles. The summed E-state index contributed by atoms with van der Waals surface area (Å²) in [4.78, 5) is 34.4. The van der Waals surface area contributed by atoms with Crippen molar-refractivity contribution in [3.63, 3.8) is 0 Å². The Morgan fingerprint density at radius 2 is 2.07 bits per heavy atom. The van der Waals surface area contributed by atoms with Gasteiger partial charge in [0.1, 0.15) is 0 Å². The van der Waals surface area contributed by atoms with Crippen LogP contribution in [0.1, 0.15) is 51.6 Å². The molecule has 1 aliphatic heterocycles. The van der Waals surface area contributed by atoms with Gasteiger partial charge in [0.25, 0.3) is 5.56 Å². The van der Waals surface area contributed by atoms with E-state index in [1.54, 1.807) is 6.07 Å². The second kappa shape index (κ2) is 9.43. The molecule has 4 rings (SSSR count). The SMILES string of the molecule is CCCc1cc(=O)n2nc(N3CCN(CC(=O)NC4CCCC(C)C4)CC3)sc2n1. The minimum Gasteiger partial charge on any atom is -0.352 e. The molecule has 8 nitrogen and oxygen atoms in total. The van der Waals surface area contributed by atoms with Gasteiger partial charge in [-0.25, -0.2) is 4.98 Å². The molecule has 1 N–H and O–H groups in total. The molecule has 9 heteroatoms. The average Bonchev–Trinajstić information content (AvgIpc) is 3.13. The van der Waals surface area contributed by atoms with Crippen molar-refractivity contribution >= 4 is 27.3 Å². The molecule has 164 valence electrons. The van der Waals surface area contributed by atoms with Crippen LogP contribution in [0.5, 0.6) is 0 Å². The lowest BCUT2D eigenvalue weighted by molar-refractivity contribution is -0.123. The summed E-state index contributed by atoms with van der Waals surface area (Å²) in [6.07, 6.45) is 6.47. The molecule has 30 heavy (non-hydrogen) atoms. The number of hydrogen-bond acceptors (Lipinski definition) is 7. The van der Waals surface area contributed by atoms with Gasteiger partial charge >= 0.3 is 0 Å². The van der Waals surface area contributed by atoms with Crippen molar-refractivity contribution in [2.45, 2.75) is 58.4 Å². The van der Waals surface area contributed by atoms with Gasteiger partial charge in [0.15, 0.2) is 0 Å². The zero-order valence-corrected chi connectivity index (χ0v) is 18.8. The van der Waals surface area contributed by atoms with Crippen LogP contribution >= 0.6 is 11.3 Å². The van der Waals surface area contributed by atoms with E-state index in [0.29, 0.717) is 23.5 Å². The van der Waals surface area contributed by atoms with Crippen LogP contribution in [-0.4, -0.2) is 64.2 Å². The van der Waals surface area contributed by atoms with Crippen LogP contribution in [-0.2, 0) is 11.2 Å². The largest absolute Gasteiger partial charge is 0.352 e. The Kier molecular flexibility index (Phi) is 6.67. The molecule has 2 unspecified atom stereocenters. The minimum absolute atomic E-state index is 0.113. The first-order valence-corrected chi connectivity index (χ1v) is 12.0. The maximum Gasteiger partial charge on any atom is 0.275 e. The summed E-state index contributed by atoms with van der Waals surface area (Å²) in [6, 6.07) is 1.93. The standard InChI is InChI=1S/C21H32N6O2S/c1-3-5-16-13-19(29)27-20(23-16)30-21(24-27)26-10-8-25(9-11-26)14-18(28)22-17-7-4-6-15(2)12-17/h13,15,17H,3-12,14H2,1-2H3,(H,22,28). The van der Waals surface area contributed by atoms with Gasteiger partial charge in [0, 0.05) is 44.0 Å². The molecule has 2 atom stereocenters. The Bertz CT molecular complexity index is 933. The lowest BCUT2D eigenvalue weighted by Gasteiger charge is -2.34. The fourth-order valence-electron chi connectivity index (χ4n) is 4.50. The molecule has 1 saturated heterocycles. The van der Waals surface area contributed by atoms with Gasteiger partial charge in [-0.3, -0.25) is 14.5 Å². The molecular weight excluding hydrogens is 400 g/mol. The summed E-state index contributed by atoms with van der Waals surface area (Å²) in [5.41, 5.74) is 0.721. The Hall–Kier alpha value is -2.00. The first-order valence-electron chi connectivity index (χ1n) is 11.2. The molecule has 0 spiro atoms. The number of nitrogens with one attached hydrogen (secondary N) is 1. The number of rotatable bonds is 6. The number of fused-ring (bicyclic) bond motifs is 1. The first kappa shape index (κ1) is 21.2. The van der Waals surface area contributed by atoms with Crippen molar-refractivity contribution in [3.05, 3.63) is 22.1 Å². The van der Waals surface area contributed by atoms with E-state index < -0.39 is 0 Å². The van der Waals surface area contributed by atoms with Gasteiger partial charge in [0.2, 0.25) is 16.0 Å². The molecule has 3 heterocycles. The number of aromatic nitrogens is 3. The van der Waals surface area contributed by atoms with Crippen LogP contribution in [0.3, 0.4) is 0 Å². The number of anilines is 1. The Balaban J connectivity index is 1.31. The monoisotopic (exact) mass is 432 g/mol. The summed E-state index contributed by atoms with van der Waals surface area (Å²) in [5.74, 6) is 0.850. The predicted molar refractivity (Wildman–Crippen MR) is 119 cm³/mol. The van der Waals surface area contributed by atoms with Crippen molar-refractivity contribution in [3.8, 4) is 0 Å². The number of carbonyl (C=O) groups is 1. The first-order chi connectivity index (χ1) is 14.5. The zero-order chi connectivity index (χ0) is 21.1. The highest BCUT2D eigenvalue weighted by Crippen LogP contribution is 2.24. The maximum atomic E-state index is 12.5. The van der Waals surface area contributed by atoms with E-state index in [1.165, 1.54) is 28.7 Å². The lowest BCUT2D eigenvalue weighted by atomic mass is 9.87. The van der Waals surface area contributed by atoms with E-state index in [9.17, 15) is 9.59 Å². The molecular formula is C21H32N6O2S. The van der Waals surface area contributed by atoms with Crippen LogP contribution < -0.4 is 15.8 Å². The number of amides is 1. The Morgan fingerprint density at radius 3 is 2.80 bits per heavy atom. The summed E-state index contributed by atoms with van der Waals surface area (Å²) < 4.78 is 1.41. The molecule has 1 amide bonds. The summed E-state index contributed by atoms with van der Waals surface area (Å²) >= 11 is 1.47. The second-order valence-electron chi connectivity index (χ2n) is 8.71. The van der Waals surface area contributed by atoms with E-state index >= 15 is 0 Å². The van der Waals surface area contributed by atoms with E-state index in [0.717, 1.165) is 62.7 Å². The topological polar surface area (TPSA) is 82.8 Å². The second-order valence-corrected chi connectivity index (χ2v) is 9.65. The van der Waals surface area contributed by atoms with Crippen molar-refractivity contribution in [2.75, 3.05) is 37.6 Å². The number of nitrogens with zero attached hydrogens (tertiary/aromatic N) is 5. The highest BCUT2D eigenvalue weighted by molar-refractivity contribution is 7.20. The van der Waals surface area contributed by atoms with Crippen molar-refractivity contribution < 1.29 is 4.79 Å². The molecule has 2 aromatic rings. The number of carbonyl (C=O) groups excluding carboxylic acids is 1. The molecule has 1 saturated carbocycles. The van der Waals surface area contributed by atoms with E-state index in [4.69, 9.17) is 0 Å². The summed E-state index contributed by atoms with van der Waals surface area (Å²) in [7, 11) is 0. The lowest BCUT2D eigenvalue weighted by Crippen LogP contribution is -2.51. The minimum atomic E-state index is -0.113. The van der Waals surface area contributed by atoms with Crippen LogP contribution in [0.15, 0.2) is 10.9 Å². The molecule has 0 aromatic carbocycles. The fraction of sp³-hybridized carbons (Fsp3) is 0.714. The predicted octanol–water partition coefficient (Wildman–Crippen LogP) is 1.92. The quantitative estimate of drug-likeness (QED) is 0.751. The van der Waals surface area contributed by atoms with Gasteiger partial charge < -0.3 is 10.2 Å². The third-order valence-electron chi connectivity index (χ3n) is 6.11. The maximum absolute atomic E-state index is 12.5. The molecule has 0 bridgehead atoms. The van der Waals surface area contributed by atoms with Crippen LogP contribution in [0, 0.1) is 5.92 Å². The van der Waals surface area contributed by atoms with Gasteiger partial charge in [-0.15, -0.1) is 5.10 Å². The van der Waals surface area contributed by atoms with Crippen molar-refractivity contribution in [1.82, 2.24) is 24.8 Å². The van der Waals surface area contributed by atoms with E-state index in [2.05, 4.69) is 39.0 Å². The number of aryl methyl sites for hydroxylation is 1. The van der Waals surface area contributed by atoms with Crippen LogP contribution in [0.25, 0.3) is 4.96 Å². The Morgan fingerprint density at radius 1 is 1.27 bits per heavy atom. The van der Waals surface area contributed by atoms with Crippen LogP contribution in [0.4, 0.5) is 5.13 Å². The third kappa shape index (κ3) is 5.00. The molecule has 2 aliphatic rings. The smallest absolute Gasteiger partial charge is 0.275 e. The van der Waals surface area contributed by atoms with Crippen LogP contribution in [0.2, 0.25) is 0 Å². The van der Waals surface area contributed by atoms with E-state index in [-0.39, 0.29) is 11.5 Å². The summed E-state index contributed by atoms with van der Waals surface area (Å²) in [6.45, 7) is 8.03. The van der Waals surface area contributed by atoms with Crippen molar-refractivity contribution in [1.29, 1.82) is 0 Å². The Labute approximate surface area is 181 Å². The highest BCUT2D eigenvalue weighted by Gasteiger charge is 2.24. The highest BCUT2D eigenvalue weighted by atomic mass is 32.1. The normalized spacial score (nSPS) is 23.1.